The monoisotopic (exact) mass is 342 g/mol. The van der Waals surface area contributed by atoms with Crippen molar-refractivity contribution in [2.24, 2.45) is 11.8 Å². The Morgan fingerprint density at radius 2 is 2.04 bits per heavy atom. The van der Waals surface area contributed by atoms with Gasteiger partial charge in [0, 0.05) is 12.6 Å². The summed E-state index contributed by atoms with van der Waals surface area (Å²) in [6.07, 6.45) is 0.329. The molecule has 0 saturated carbocycles. The summed E-state index contributed by atoms with van der Waals surface area (Å²) in [6.45, 7) is 2.02. The van der Waals surface area contributed by atoms with E-state index in [1.165, 1.54) is 4.90 Å². The molecule has 0 radical (unpaired) electrons. The number of benzene rings is 1. The zero-order valence-corrected chi connectivity index (χ0v) is 13.7. The van der Waals surface area contributed by atoms with Crippen LogP contribution in [0.15, 0.2) is 40.9 Å². The quantitative estimate of drug-likeness (QED) is 0.798. The van der Waals surface area contributed by atoms with E-state index in [2.05, 4.69) is 5.16 Å². The Labute approximate surface area is 144 Å². The van der Waals surface area contributed by atoms with Crippen LogP contribution in [0.25, 0.3) is 0 Å². The van der Waals surface area contributed by atoms with E-state index in [0.717, 1.165) is 5.56 Å². The molecule has 7 nitrogen and oxygen atoms in total. The third-order valence-corrected chi connectivity index (χ3v) is 4.40. The summed E-state index contributed by atoms with van der Waals surface area (Å²) in [4.78, 5) is 37.5. The van der Waals surface area contributed by atoms with Gasteiger partial charge in [-0.05, 0) is 18.9 Å². The molecule has 0 aliphatic carbocycles. The fourth-order valence-electron chi connectivity index (χ4n) is 3.20. The predicted octanol–water partition coefficient (Wildman–Crippen LogP) is 1.45. The second kappa shape index (κ2) is 6.88. The number of amides is 1. The number of hydrogen-bond donors (Lipinski definition) is 1. The van der Waals surface area contributed by atoms with Gasteiger partial charge in [0.1, 0.15) is 0 Å². The fourth-order valence-corrected chi connectivity index (χ4v) is 3.20. The van der Waals surface area contributed by atoms with Gasteiger partial charge in [-0.15, -0.1) is 0 Å². The highest BCUT2D eigenvalue weighted by Crippen LogP contribution is 2.30. The van der Waals surface area contributed by atoms with Crippen LogP contribution in [-0.4, -0.2) is 39.4 Å². The molecule has 2 aromatic rings. The summed E-state index contributed by atoms with van der Waals surface area (Å²) < 4.78 is 5.13. The van der Waals surface area contributed by atoms with Gasteiger partial charge >= 0.3 is 5.97 Å². The number of nitrogens with zero attached hydrogens (tertiary/aromatic N) is 2. The molecule has 1 fully saturated rings. The number of carbonyl (C=O) groups excluding carboxylic acids is 2. The molecule has 2 atom stereocenters. The van der Waals surface area contributed by atoms with E-state index in [-0.39, 0.29) is 19.0 Å². The first-order valence-electron chi connectivity index (χ1n) is 7.97. The maximum atomic E-state index is 12.8. The largest absolute Gasteiger partial charge is 0.475 e. The molecule has 1 aliphatic rings. The van der Waals surface area contributed by atoms with E-state index in [4.69, 9.17) is 9.63 Å². The van der Waals surface area contributed by atoms with Gasteiger partial charge in [0.05, 0.1) is 24.1 Å². The van der Waals surface area contributed by atoms with E-state index in [1.54, 1.807) is 13.0 Å². The van der Waals surface area contributed by atoms with Gasteiger partial charge in [-0.3, -0.25) is 9.59 Å². The van der Waals surface area contributed by atoms with Gasteiger partial charge in [0.15, 0.2) is 5.76 Å². The smallest absolute Gasteiger partial charge is 0.372 e. The lowest BCUT2D eigenvalue weighted by Crippen LogP contribution is -2.31. The summed E-state index contributed by atoms with van der Waals surface area (Å²) >= 11 is 0. The number of carboxylic acid groups (broad SMARTS) is 1. The van der Waals surface area contributed by atoms with Gasteiger partial charge in [-0.1, -0.05) is 35.5 Å². The molecule has 1 aromatic heterocycles. The number of carbonyl (C=O) groups is 3. The first-order chi connectivity index (χ1) is 12.0. The van der Waals surface area contributed by atoms with Crippen molar-refractivity contribution in [2.75, 3.05) is 6.54 Å². The van der Waals surface area contributed by atoms with Crippen molar-refractivity contribution in [3.8, 4) is 0 Å². The molecule has 0 spiro atoms. The fraction of sp³-hybridized carbons (Fsp3) is 0.333. The lowest BCUT2D eigenvalue weighted by atomic mass is 9.86. The number of aryl methyl sites for hydroxylation is 1. The van der Waals surface area contributed by atoms with Crippen LogP contribution >= 0.6 is 0 Å². The number of Topliss-reactive ketones (excluding diaryl/α,β-unsaturated/α-hetero) is 1. The van der Waals surface area contributed by atoms with E-state index in [9.17, 15) is 14.4 Å². The van der Waals surface area contributed by atoms with Crippen molar-refractivity contribution in [2.45, 2.75) is 19.9 Å². The van der Waals surface area contributed by atoms with Gasteiger partial charge in [0.2, 0.25) is 11.7 Å². The summed E-state index contributed by atoms with van der Waals surface area (Å²) in [5.41, 5.74) is 1.59. The van der Waals surface area contributed by atoms with Gasteiger partial charge in [-0.2, -0.15) is 0 Å². The lowest BCUT2D eigenvalue weighted by molar-refractivity contribution is -0.151. The summed E-state index contributed by atoms with van der Waals surface area (Å²) in [5, 5.41) is 12.9. The summed E-state index contributed by atoms with van der Waals surface area (Å²) in [7, 11) is 0. The minimum Gasteiger partial charge on any atom is -0.475 e. The molecule has 7 heteroatoms. The minimum atomic E-state index is -1.51. The van der Waals surface area contributed by atoms with Crippen LogP contribution in [0.1, 0.15) is 17.0 Å². The Balaban J connectivity index is 1.82. The third-order valence-electron chi connectivity index (χ3n) is 4.40. The highest BCUT2D eigenvalue weighted by atomic mass is 16.5. The van der Waals surface area contributed by atoms with E-state index >= 15 is 0 Å². The normalized spacial score (nSPS) is 20.0. The molecular formula is C18H18N2O5. The molecule has 2 heterocycles. The molecule has 130 valence electrons. The Bertz CT molecular complexity index is 799. The Kier molecular flexibility index (Phi) is 4.65. The third kappa shape index (κ3) is 3.60. The summed E-state index contributed by atoms with van der Waals surface area (Å²) in [5.74, 6) is -3.71. The molecule has 1 saturated heterocycles. The Hall–Kier alpha value is -2.96. The van der Waals surface area contributed by atoms with Crippen LogP contribution in [0, 0.1) is 18.8 Å². The number of carboxylic acids is 1. The van der Waals surface area contributed by atoms with Gasteiger partial charge in [0.25, 0.3) is 0 Å². The zero-order valence-electron chi connectivity index (χ0n) is 13.7. The van der Waals surface area contributed by atoms with Gasteiger partial charge < -0.3 is 14.5 Å². The van der Waals surface area contributed by atoms with Crippen molar-refractivity contribution >= 4 is 17.7 Å². The number of hydrogen-bond acceptors (Lipinski definition) is 5. The standard InChI is InChI=1S/C18H18N2O5/c1-11-7-13(25-19-11)9-20-10-15(16(21)18(23)24)14(17(20)22)8-12-5-3-2-4-6-12/h2-7,14-15H,8-10H2,1H3,(H,23,24)/t14-,15+/m1/s1. The highest BCUT2D eigenvalue weighted by molar-refractivity contribution is 6.34. The molecule has 1 amide bonds. The molecule has 1 aliphatic heterocycles. The van der Waals surface area contributed by atoms with Crippen LogP contribution in [-0.2, 0) is 27.3 Å². The number of rotatable bonds is 6. The van der Waals surface area contributed by atoms with E-state index < -0.39 is 23.6 Å². The van der Waals surface area contributed by atoms with Crippen LogP contribution in [0.5, 0.6) is 0 Å². The van der Waals surface area contributed by atoms with Crippen LogP contribution in [0.2, 0.25) is 0 Å². The molecule has 1 aromatic carbocycles. The highest BCUT2D eigenvalue weighted by Gasteiger charge is 2.46. The average Bonchev–Trinajstić information content (AvgIpc) is 3.13. The topological polar surface area (TPSA) is 101 Å². The molecule has 0 bridgehead atoms. The van der Waals surface area contributed by atoms with Crippen LogP contribution < -0.4 is 0 Å². The van der Waals surface area contributed by atoms with Crippen LogP contribution in [0.4, 0.5) is 0 Å². The number of ketones is 1. The minimum absolute atomic E-state index is 0.0706. The summed E-state index contributed by atoms with van der Waals surface area (Å²) in [6, 6.07) is 11.0. The van der Waals surface area contributed by atoms with E-state index in [1.807, 2.05) is 30.3 Å². The zero-order chi connectivity index (χ0) is 18.0. The SMILES string of the molecule is Cc1cc(CN2C[C@H](C(=O)C(=O)O)[C@@H](Cc3ccccc3)C2=O)on1. The first kappa shape index (κ1) is 16.9. The number of likely N-dealkylation sites (tertiary alicyclic amines) is 1. The molecular weight excluding hydrogens is 324 g/mol. The van der Waals surface area contributed by atoms with E-state index in [0.29, 0.717) is 17.9 Å². The second-order valence-corrected chi connectivity index (χ2v) is 6.23. The van der Waals surface area contributed by atoms with Crippen molar-refractivity contribution in [3.05, 3.63) is 53.4 Å². The van der Waals surface area contributed by atoms with Crippen molar-refractivity contribution < 1.29 is 24.0 Å². The Morgan fingerprint density at radius 3 is 2.64 bits per heavy atom. The number of aromatic nitrogens is 1. The predicted molar refractivity (Wildman–Crippen MR) is 86.4 cm³/mol. The Morgan fingerprint density at radius 1 is 1.32 bits per heavy atom. The molecule has 3 rings (SSSR count). The maximum Gasteiger partial charge on any atom is 0.372 e. The molecule has 25 heavy (non-hydrogen) atoms. The second-order valence-electron chi connectivity index (χ2n) is 6.23. The van der Waals surface area contributed by atoms with Crippen LogP contribution in [0.3, 0.4) is 0 Å². The van der Waals surface area contributed by atoms with Crippen molar-refractivity contribution in [1.29, 1.82) is 0 Å². The number of aliphatic carboxylic acids is 1. The van der Waals surface area contributed by atoms with Gasteiger partial charge in [-0.25, -0.2) is 4.79 Å². The lowest BCUT2D eigenvalue weighted by Gasteiger charge is -2.14. The first-order valence-corrected chi connectivity index (χ1v) is 7.97. The molecule has 0 unspecified atom stereocenters. The molecule has 1 N–H and O–H groups in total. The average molecular weight is 342 g/mol. The van der Waals surface area contributed by atoms with Crippen molar-refractivity contribution in [3.63, 3.8) is 0 Å². The van der Waals surface area contributed by atoms with Crippen molar-refractivity contribution in [1.82, 2.24) is 10.1 Å². The maximum absolute atomic E-state index is 12.8.